The fraction of sp³-hybridized carbons (Fsp3) is 0.600. The summed E-state index contributed by atoms with van der Waals surface area (Å²) in [6.45, 7) is 10.1. The van der Waals surface area contributed by atoms with Gasteiger partial charge in [0.25, 0.3) is 0 Å². The zero-order valence-electron chi connectivity index (χ0n) is 12.8. The Labute approximate surface area is 120 Å². The first-order valence-corrected chi connectivity index (χ1v) is 7.32. The molecule has 2 rings (SSSR count). The average Bonchev–Trinajstić information content (AvgIpc) is 3.00. The minimum Gasteiger partial charge on any atom is -0.466 e. The number of aromatic nitrogens is 3. The predicted molar refractivity (Wildman–Crippen MR) is 78.6 cm³/mol. The van der Waals surface area contributed by atoms with Crippen LogP contribution < -0.4 is 5.32 Å². The summed E-state index contributed by atoms with van der Waals surface area (Å²) in [6.07, 6.45) is 3.56. The summed E-state index contributed by atoms with van der Waals surface area (Å²) >= 11 is 0. The van der Waals surface area contributed by atoms with Gasteiger partial charge in [0.05, 0.1) is 0 Å². The Kier molecular flexibility index (Phi) is 4.95. The molecule has 1 N–H and O–H groups in total. The highest BCUT2D eigenvalue weighted by Crippen LogP contribution is 2.24. The molecular formula is C15H24N4O. The van der Waals surface area contributed by atoms with Crippen LogP contribution >= 0.6 is 0 Å². The van der Waals surface area contributed by atoms with Gasteiger partial charge in [0, 0.05) is 24.6 Å². The number of furan rings is 1. The summed E-state index contributed by atoms with van der Waals surface area (Å²) in [5.41, 5.74) is 1.22. The number of aryl methyl sites for hydroxylation is 3. The summed E-state index contributed by atoms with van der Waals surface area (Å²) in [5, 5.41) is 7.83. The van der Waals surface area contributed by atoms with Gasteiger partial charge in [-0.3, -0.25) is 4.68 Å². The van der Waals surface area contributed by atoms with Crippen molar-refractivity contribution < 1.29 is 4.42 Å². The Morgan fingerprint density at radius 3 is 2.75 bits per heavy atom. The maximum absolute atomic E-state index is 5.67. The van der Waals surface area contributed by atoms with Gasteiger partial charge in [0.15, 0.2) is 0 Å². The minimum absolute atomic E-state index is 0.224. The van der Waals surface area contributed by atoms with Crippen molar-refractivity contribution in [2.45, 2.75) is 53.1 Å². The highest BCUT2D eigenvalue weighted by molar-refractivity contribution is 5.25. The smallest absolute Gasteiger partial charge is 0.138 e. The quantitative estimate of drug-likeness (QED) is 0.845. The van der Waals surface area contributed by atoms with Crippen molar-refractivity contribution in [1.82, 2.24) is 20.1 Å². The molecule has 20 heavy (non-hydrogen) atoms. The van der Waals surface area contributed by atoms with E-state index in [0.29, 0.717) is 0 Å². The fourth-order valence-electron chi connectivity index (χ4n) is 2.50. The third kappa shape index (κ3) is 3.28. The Morgan fingerprint density at radius 1 is 1.35 bits per heavy atom. The second-order valence-corrected chi connectivity index (χ2v) is 5.07. The molecule has 2 heterocycles. The van der Waals surface area contributed by atoms with E-state index < -0.39 is 0 Å². The molecule has 0 aliphatic rings. The first-order chi connectivity index (χ1) is 9.65. The minimum atomic E-state index is 0.224. The van der Waals surface area contributed by atoms with Crippen LogP contribution in [0.1, 0.15) is 49.2 Å². The van der Waals surface area contributed by atoms with Gasteiger partial charge in [-0.15, -0.1) is 0 Å². The van der Waals surface area contributed by atoms with Crippen LogP contribution in [0.5, 0.6) is 0 Å². The van der Waals surface area contributed by atoms with Gasteiger partial charge in [0.1, 0.15) is 23.7 Å². The molecule has 5 heteroatoms. The van der Waals surface area contributed by atoms with Crippen LogP contribution in [0.3, 0.4) is 0 Å². The number of hydrogen-bond acceptors (Lipinski definition) is 4. The third-order valence-electron chi connectivity index (χ3n) is 3.48. The number of hydrogen-bond donors (Lipinski definition) is 1. The zero-order valence-corrected chi connectivity index (χ0v) is 12.8. The Hall–Kier alpha value is -1.62. The van der Waals surface area contributed by atoms with Crippen LogP contribution in [-0.2, 0) is 13.0 Å². The molecule has 2 aromatic rings. The molecule has 2 aromatic heterocycles. The number of rotatable bonds is 7. The lowest BCUT2D eigenvalue weighted by Crippen LogP contribution is -2.25. The summed E-state index contributed by atoms with van der Waals surface area (Å²) in [5.74, 6) is 2.95. The monoisotopic (exact) mass is 276 g/mol. The highest BCUT2D eigenvalue weighted by Gasteiger charge is 2.19. The number of nitrogens with zero attached hydrogens (tertiary/aromatic N) is 3. The van der Waals surface area contributed by atoms with E-state index in [-0.39, 0.29) is 6.04 Å². The van der Waals surface area contributed by atoms with E-state index in [4.69, 9.17) is 4.42 Å². The number of nitrogens with one attached hydrogen (secondary N) is 1. The van der Waals surface area contributed by atoms with Crippen molar-refractivity contribution in [3.63, 3.8) is 0 Å². The van der Waals surface area contributed by atoms with Crippen LogP contribution in [0.4, 0.5) is 0 Å². The normalized spacial score (nSPS) is 12.8. The molecule has 1 unspecified atom stereocenters. The molecule has 5 nitrogen and oxygen atoms in total. The first-order valence-electron chi connectivity index (χ1n) is 7.32. The van der Waals surface area contributed by atoms with Crippen molar-refractivity contribution in [2.75, 3.05) is 6.54 Å². The largest absolute Gasteiger partial charge is 0.466 e. The van der Waals surface area contributed by atoms with E-state index in [1.807, 2.05) is 18.5 Å². The summed E-state index contributed by atoms with van der Waals surface area (Å²) in [6, 6.07) is 2.34. The standard InChI is InChI=1S/C15H24N4O/c1-5-7-16-14(13-8-11(3)20-12(13)4)9-15-17-10-18-19(15)6-2/h8,10,14,16H,5-7,9H2,1-4H3. The maximum Gasteiger partial charge on any atom is 0.138 e. The Balaban J connectivity index is 2.21. The molecular weight excluding hydrogens is 252 g/mol. The van der Waals surface area contributed by atoms with E-state index in [1.54, 1.807) is 6.33 Å². The molecule has 0 amide bonds. The van der Waals surface area contributed by atoms with Gasteiger partial charge in [-0.05, 0) is 39.8 Å². The molecule has 0 bridgehead atoms. The molecule has 110 valence electrons. The first kappa shape index (κ1) is 14.8. The van der Waals surface area contributed by atoms with E-state index >= 15 is 0 Å². The Bertz CT molecular complexity index is 544. The maximum atomic E-state index is 5.67. The fourth-order valence-corrected chi connectivity index (χ4v) is 2.50. The van der Waals surface area contributed by atoms with Crippen LogP contribution in [-0.4, -0.2) is 21.3 Å². The van der Waals surface area contributed by atoms with Crippen molar-refractivity contribution >= 4 is 0 Å². The van der Waals surface area contributed by atoms with E-state index in [2.05, 4.69) is 35.3 Å². The van der Waals surface area contributed by atoms with Gasteiger partial charge < -0.3 is 9.73 Å². The van der Waals surface area contributed by atoms with E-state index in [9.17, 15) is 0 Å². The molecule has 0 spiro atoms. The summed E-state index contributed by atoms with van der Waals surface area (Å²) < 4.78 is 7.62. The lowest BCUT2D eigenvalue weighted by molar-refractivity contribution is 0.469. The van der Waals surface area contributed by atoms with Gasteiger partial charge in [-0.1, -0.05) is 6.92 Å². The van der Waals surface area contributed by atoms with E-state index in [0.717, 1.165) is 43.3 Å². The Morgan fingerprint density at radius 2 is 2.15 bits per heavy atom. The van der Waals surface area contributed by atoms with Crippen molar-refractivity contribution in [2.24, 2.45) is 0 Å². The van der Waals surface area contributed by atoms with Crippen molar-refractivity contribution in [3.8, 4) is 0 Å². The summed E-state index contributed by atoms with van der Waals surface area (Å²) in [4.78, 5) is 4.38. The molecule has 0 saturated heterocycles. The van der Waals surface area contributed by atoms with Crippen molar-refractivity contribution in [1.29, 1.82) is 0 Å². The summed E-state index contributed by atoms with van der Waals surface area (Å²) in [7, 11) is 0. The molecule has 0 fully saturated rings. The van der Waals surface area contributed by atoms with Gasteiger partial charge in [-0.2, -0.15) is 5.10 Å². The van der Waals surface area contributed by atoms with Crippen LogP contribution in [0.25, 0.3) is 0 Å². The molecule has 0 radical (unpaired) electrons. The van der Waals surface area contributed by atoms with Crippen LogP contribution in [0.15, 0.2) is 16.8 Å². The molecule has 0 aliphatic carbocycles. The SMILES string of the molecule is CCCNC(Cc1ncnn1CC)c1cc(C)oc1C. The van der Waals surface area contributed by atoms with Crippen LogP contribution in [0, 0.1) is 13.8 Å². The molecule has 0 aliphatic heterocycles. The molecule has 0 saturated carbocycles. The topological polar surface area (TPSA) is 55.9 Å². The van der Waals surface area contributed by atoms with Gasteiger partial charge in [-0.25, -0.2) is 4.98 Å². The second-order valence-electron chi connectivity index (χ2n) is 5.07. The van der Waals surface area contributed by atoms with Crippen LogP contribution in [0.2, 0.25) is 0 Å². The molecule has 0 aromatic carbocycles. The van der Waals surface area contributed by atoms with Gasteiger partial charge >= 0.3 is 0 Å². The lowest BCUT2D eigenvalue weighted by atomic mass is 10.0. The lowest BCUT2D eigenvalue weighted by Gasteiger charge is -2.18. The highest BCUT2D eigenvalue weighted by atomic mass is 16.3. The van der Waals surface area contributed by atoms with E-state index in [1.165, 1.54) is 5.56 Å². The predicted octanol–water partition coefficient (Wildman–Crippen LogP) is 2.79. The molecule has 1 atom stereocenters. The third-order valence-corrected chi connectivity index (χ3v) is 3.48. The average molecular weight is 276 g/mol. The zero-order chi connectivity index (χ0) is 14.5. The van der Waals surface area contributed by atoms with Crippen molar-refractivity contribution in [3.05, 3.63) is 35.3 Å². The second kappa shape index (κ2) is 6.70. The van der Waals surface area contributed by atoms with Gasteiger partial charge in [0.2, 0.25) is 0 Å².